The number of nitrogens with zero attached hydrogens (tertiary/aromatic N) is 1. The summed E-state index contributed by atoms with van der Waals surface area (Å²) in [5.74, 6) is -0.0384. The summed E-state index contributed by atoms with van der Waals surface area (Å²) >= 11 is 0. The summed E-state index contributed by atoms with van der Waals surface area (Å²) < 4.78 is 34.0. The first-order valence-corrected chi connectivity index (χ1v) is 9.12. The molecule has 1 aliphatic carbocycles. The van der Waals surface area contributed by atoms with Gasteiger partial charge in [0.1, 0.15) is 0 Å². The normalized spacial score (nSPS) is 16.6. The maximum Gasteiger partial charge on any atom is 0.419 e. The predicted molar refractivity (Wildman–Crippen MR) is 83.3 cm³/mol. The van der Waals surface area contributed by atoms with Crippen LogP contribution in [0.2, 0.25) is 0 Å². The molecule has 3 rings (SSSR count). The molecule has 1 fully saturated rings. The van der Waals surface area contributed by atoms with Crippen LogP contribution >= 0.6 is 0 Å². The number of aromatic nitrogens is 1. The van der Waals surface area contributed by atoms with E-state index in [0.717, 1.165) is 12.8 Å². The molecule has 7 heteroatoms. The zero-order chi connectivity index (χ0) is 15.7. The second kappa shape index (κ2) is 5.89. The lowest BCUT2D eigenvalue weighted by molar-refractivity contribution is 0.511. The third-order valence-corrected chi connectivity index (χ3v) is 5.72. The average Bonchev–Trinajstić information content (AvgIpc) is 3.10. The fourth-order valence-electron chi connectivity index (χ4n) is 3.04. The highest BCUT2D eigenvalue weighted by atomic mass is 32.2. The van der Waals surface area contributed by atoms with Gasteiger partial charge in [0.2, 0.25) is 10.0 Å². The van der Waals surface area contributed by atoms with Crippen molar-refractivity contribution in [2.75, 3.05) is 6.54 Å². The molecule has 120 valence electrons. The van der Waals surface area contributed by atoms with Crippen molar-refractivity contribution >= 4 is 21.1 Å². The molecule has 1 aromatic carbocycles. The molecule has 1 aliphatic rings. The molecule has 0 amide bonds. The van der Waals surface area contributed by atoms with E-state index in [0.29, 0.717) is 30.1 Å². The SMILES string of the molecule is CCn1c(=O)oc2cc(S(=O)(=O)NCC3CCCC3)ccc21. The molecule has 1 saturated carbocycles. The van der Waals surface area contributed by atoms with Crippen molar-refractivity contribution in [3.8, 4) is 0 Å². The van der Waals surface area contributed by atoms with E-state index in [9.17, 15) is 13.2 Å². The monoisotopic (exact) mass is 324 g/mol. The molecule has 0 aliphatic heterocycles. The Kier molecular flexibility index (Phi) is 4.10. The van der Waals surface area contributed by atoms with Gasteiger partial charge in [0.05, 0.1) is 10.4 Å². The van der Waals surface area contributed by atoms with Gasteiger partial charge in [0.25, 0.3) is 0 Å². The lowest BCUT2D eigenvalue weighted by Crippen LogP contribution is -2.28. The quantitative estimate of drug-likeness (QED) is 0.913. The van der Waals surface area contributed by atoms with Gasteiger partial charge in [0.15, 0.2) is 5.58 Å². The third kappa shape index (κ3) is 2.83. The molecule has 1 heterocycles. The Morgan fingerprint density at radius 1 is 1.32 bits per heavy atom. The summed E-state index contributed by atoms with van der Waals surface area (Å²) in [6.07, 6.45) is 4.51. The van der Waals surface area contributed by atoms with E-state index in [1.54, 1.807) is 6.07 Å². The summed E-state index contributed by atoms with van der Waals surface area (Å²) in [5, 5.41) is 0. The highest BCUT2D eigenvalue weighted by molar-refractivity contribution is 7.89. The smallest absolute Gasteiger partial charge is 0.408 e. The molecule has 0 spiro atoms. The predicted octanol–water partition coefficient (Wildman–Crippen LogP) is 2.08. The molecule has 0 atom stereocenters. The summed E-state index contributed by atoms with van der Waals surface area (Å²) in [7, 11) is -3.57. The Morgan fingerprint density at radius 3 is 2.73 bits per heavy atom. The number of fused-ring (bicyclic) bond motifs is 1. The van der Waals surface area contributed by atoms with Gasteiger partial charge in [-0.05, 0) is 37.8 Å². The summed E-state index contributed by atoms with van der Waals surface area (Å²) in [4.78, 5) is 11.8. The molecule has 0 radical (unpaired) electrons. The van der Waals surface area contributed by atoms with Crippen molar-refractivity contribution in [2.24, 2.45) is 5.92 Å². The van der Waals surface area contributed by atoms with Gasteiger partial charge in [-0.2, -0.15) is 0 Å². The Balaban J connectivity index is 1.86. The van der Waals surface area contributed by atoms with Crippen LogP contribution in [0.3, 0.4) is 0 Å². The van der Waals surface area contributed by atoms with Crippen molar-refractivity contribution in [3.05, 3.63) is 28.7 Å². The number of aryl methyl sites for hydroxylation is 1. The number of rotatable bonds is 5. The van der Waals surface area contributed by atoms with Crippen LogP contribution < -0.4 is 10.5 Å². The number of hydrogen-bond donors (Lipinski definition) is 1. The van der Waals surface area contributed by atoms with E-state index >= 15 is 0 Å². The van der Waals surface area contributed by atoms with Crippen LogP contribution in [0.1, 0.15) is 32.6 Å². The van der Waals surface area contributed by atoms with Crippen LogP contribution in [0.15, 0.2) is 32.3 Å². The maximum absolute atomic E-state index is 12.4. The van der Waals surface area contributed by atoms with E-state index < -0.39 is 15.8 Å². The Morgan fingerprint density at radius 2 is 2.05 bits per heavy atom. The fraction of sp³-hybridized carbons (Fsp3) is 0.533. The van der Waals surface area contributed by atoms with Crippen LogP contribution in [0.4, 0.5) is 0 Å². The summed E-state index contributed by atoms with van der Waals surface area (Å²) in [5.41, 5.74) is 0.915. The molecular formula is C15H20N2O4S. The van der Waals surface area contributed by atoms with Crippen molar-refractivity contribution in [1.82, 2.24) is 9.29 Å². The van der Waals surface area contributed by atoms with Gasteiger partial charge in [-0.3, -0.25) is 4.57 Å². The molecule has 22 heavy (non-hydrogen) atoms. The molecule has 0 saturated heterocycles. The highest BCUT2D eigenvalue weighted by Gasteiger charge is 2.21. The number of hydrogen-bond acceptors (Lipinski definition) is 4. The zero-order valence-corrected chi connectivity index (χ0v) is 13.4. The molecule has 6 nitrogen and oxygen atoms in total. The van der Waals surface area contributed by atoms with E-state index in [1.807, 2.05) is 6.92 Å². The van der Waals surface area contributed by atoms with Crippen molar-refractivity contribution in [1.29, 1.82) is 0 Å². The minimum absolute atomic E-state index is 0.134. The average molecular weight is 324 g/mol. The topological polar surface area (TPSA) is 81.3 Å². The second-order valence-corrected chi connectivity index (χ2v) is 7.51. The summed E-state index contributed by atoms with van der Waals surface area (Å²) in [6, 6.07) is 4.55. The minimum Gasteiger partial charge on any atom is -0.408 e. The zero-order valence-electron chi connectivity index (χ0n) is 12.5. The number of nitrogens with one attached hydrogen (secondary N) is 1. The molecular weight excluding hydrogens is 304 g/mol. The standard InChI is InChI=1S/C15H20N2O4S/c1-2-17-13-8-7-12(9-14(13)21-15(17)18)22(19,20)16-10-11-5-3-4-6-11/h7-9,11,16H,2-6,10H2,1H3. The van der Waals surface area contributed by atoms with Crippen molar-refractivity contribution in [3.63, 3.8) is 0 Å². The second-order valence-electron chi connectivity index (χ2n) is 5.74. The van der Waals surface area contributed by atoms with Crippen molar-refractivity contribution in [2.45, 2.75) is 44.0 Å². The Labute approximate surface area is 129 Å². The van der Waals surface area contributed by atoms with E-state index in [4.69, 9.17) is 4.42 Å². The Bertz CT molecular complexity index is 829. The van der Waals surface area contributed by atoms with Gasteiger partial charge in [-0.1, -0.05) is 12.8 Å². The van der Waals surface area contributed by atoms with Crippen LogP contribution in [-0.2, 0) is 16.6 Å². The van der Waals surface area contributed by atoms with E-state index in [-0.39, 0.29) is 4.90 Å². The van der Waals surface area contributed by atoms with Crippen molar-refractivity contribution < 1.29 is 12.8 Å². The summed E-state index contributed by atoms with van der Waals surface area (Å²) in [6.45, 7) is 2.79. The first-order chi connectivity index (χ1) is 10.5. The van der Waals surface area contributed by atoms with Gasteiger partial charge >= 0.3 is 5.76 Å². The number of oxazole rings is 1. The minimum atomic E-state index is -3.57. The third-order valence-electron chi connectivity index (χ3n) is 4.30. The van der Waals surface area contributed by atoms with Gasteiger partial charge in [0, 0.05) is 19.2 Å². The first kappa shape index (κ1) is 15.3. The fourth-order valence-corrected chi connectivity index (χ4v) is 4.17. The molecule has 0 bridgehead atoms. The molecule has 1 N–H and O–H groups in total. The lowest BCUT2D eigenvalue weighted by atomic mass is 10.1. The van der Waals surface area contributed by atoms with Gasteiger partial charge in [-0.25, -0.2) is 17.9 Å². The van der Waals surface area contributed by atoms with Gasteiger partial charge < -0.3 is 4.42 Å². The highest BCUT2D eigenvalue weighted by Crippen LogP contribution is 2.24. The van der Waals surface area contributed by atoms with Crippen LogP contribution in [-0.4, -0.2) is 19.5 Å². The van der Waals surface area contributed by atoms with Crippen LogP contribution in [0, 0.1) is 5.92 Å². The molecule has 2 aromatic rings. The van der Waals surface area contributed by atoms with Crippen LogP contribution in [0.5, 0.6) is 0 Å². The van der Waals surface area contributed by atoms with Gasteiger partial charge in [-0.15, -0.1) is 0 Å². The number of benzene rings is 1. The largest absolute Gasteiger partial charge is 0.419 e. The molecule has 1 aromatic heterocycles. The molecule has 0 unspecified atom stereocenters. The number of sulfonamides is 1. The maximum atomic E-state index is 12.4. The van der Waals surface area contributed by atoms with E-state index in [1.165, 1.54) is 29.5 Å². The Hall–Kier alpha value is -1.60. The van der Waals surface area contributed by atoms with Crippen LogP contribution in [0.25, 0.3) is 11.1 Å². The first-order valence-electron chi connectivity index (χ1n) is 7.64. The lowest BCUT2D eigenvalue weighted by Gasteiger charge is -2.11. The van der Waals surface area contributed by atoms with E-state index in [2.05, 4.69) is 4.72 Å².